The number of phenols is 2. The van der Waals surface area contributed by atoms with Gasteiger partial charge in [0.25, 0.3) is 0 Å². The first-order chi connectivity index (χ1) is 15.1. The number of hydrogen-bond donors (Lipinski definition) is 2. The summed E-state index contributed by atoms with van der Waals surface area (Å²) >= 11 is 1.58. The third-order valence-electron chi connectivity index (χ3n) is 5.91. The van der Waals surface area contributed by atoms with Gasteiger partial charge in [-0.3, -0.25) is 0 Å². The molecule has 2 rings (SSSR count). The lowest BCUT2D eigenvalue weighted by Crippen LogP contribution is -1.91. The van der Waals surface area contributed by atoms with Crippen LogP contribution in [0.15, 0.2) is 46.2 Å². The molecule has 0 bridgehead atoms. The van der Waals surface area contributed by atoms with Gasteiger partial charge in [0, 0.05) is 4.90 Å². The smallest absolute Gasteiger partial charge is 0.129 e. The molecule has 2 aromatic rings. The fourth-order valence-electron chi connectivity index (χ4n) is 3.96. The van der Waals surface area contributed by atoms with Crippen LogP contribution in [0.1, 0.15) is 102 Å². The second-order valence-corrected chi connectivity index (χ2v) is 9.82. The Morgan fingerprint density at radius 2 is 1.23 bits per heavy atom. The van der Waals surface area contributed by atoms with Gasteiger partial charge in [-0.2, -0.15) is 0 Å². The first kappa shape index (κ1) is 25.6. The van der Waals surface area contributed by atoms with E-state index < -0.39 is 0 Å². The molecule has 2 aromatic carbocycles. The van der Waals surface area contributed by atoms with Gasteiger partial charge in [-0.25, -0.2) is 0 Å². The highest BCUT2D eigenvalue weighted by Crippen LogP contribution is 2.39. The zero-order valence-electron chi connectivity index (χ0n) is 19.7. The molecule has 0 aromatic heterocycles. The van der Waals surface area contributed by atoms with Gasteiger partial charge >= 0.3 is 0 Å². The third kappa shape index (κ3) is 10.0. The quantitative estimate of drug-likeness (QED) is 0.255. The predicted octanol–water partition coefficient (Wildman–Crippen LogP) is 9.06. The summed E-state index contributed by atoms with van der Waals surface area (Å²) in [7, 11) is 0. The molecule has 0 amide bonds. The van der Waals surface area contributed by atoms with E-state index in [1.54, 1.807) is 17.8 Å². The number of aromatic hydroxyl groups is 2. The van der Waals surface area contributed by atoms with Gasteiger partial charge in [0.15, 0.2) is 0 Å². The summed E-state index contributed by atoms with van der Waals surface area (Å²) in [5.74, 6) is 0.613. The van der Waals surface area contributed by atoms with Crippen molar-refractivity contribution in [1.29, 1.82) is 0 Å². The van der Waals surface area contributed by atoms with Crippen molar-refractivity contribution in [2.45, 2.75) is 114 Å². The second kappa shape index (κ2) is 15.2. The lowest BCUT2D eigenvalue weighted by molar-refractivity contribution is 0.461. The molecule has 0 spiro atoms. The molecular weight excluding hydrogens is 400 g/mol. The minimum Gasteiger partial charge on any atom is -0.508 e. The van der Waals surface area contributed by atoms with Gasteiger partial charge in [0.1, 0.15) is 11.5 Å². The zero-order valence-corrected chi connectivity index (χ0v) is 20.5. The minimum absolute atomic E-state index is 0.289. The molecule has 172 valence electrons. The summed E-state index contributed by atoms with van der Waals surface area (Å²) in [6, 6.07) is 11.7. The average Bonchev–Trinajstić information content (AvgIpc) is 2.76. The van der Waals surface area contributed by atoms with Crippen molar-refractivity contribution < 1.29 is 10.2 Å². The standard InChI is InChI=1S/C28H42O2S/c1-3-5-7-9-11-13-15-23-17-20-26(30)28(21-23)31-27-22-25(29)19-18-24(27)16-14-12-10-8-6-4-2/h17-22,29-30H,3-16H2,1-2H3. The van der Waals surface area contributed by atoms with Gasteiger partial charge in [-0.15, -0.1) is 0 Å². The van der Waals surface area contributed by atoms with Crippen LogP contribution in [0, 0.1) is 0 Å². The maximum absolute atomic E-state index is 10.4. The molecule has 0 fully saturated rings. The third-order valence-corrected chi connectivity index (χ3v) is 7.06. The van der Waals surface area contributed by atoms with E-state index in [9.17, 15) is 10.2 Å². The highest BCUT2D eigenvalue weighted by Gasteiger charge is 2.10. The molecule has 0 aliphatic carbocycles. The Labute approximate surface area is 194 Å². The topological polar surface area (TPSA) is 40.5 Å². The van der Waals surface area contributed by atoms with Crippen LogP contribution in [0.2, 0.25) is 0 Å². The van der Waals surface area contributed by atoms with E-state index in [4.69, 9.17) is 0 Å². The Hall–Kier alpha value is -1.61. The normalized spacial score (nSPS) is 11.2. The average molecular weight is 443 g/mol. The molecule has 0 aliphatic heterocycles. The van der Waals surface area contributed by atoms with Crippen LogP contribution in [0.25, 0.3) is 0 Å². The summed E-state index contributed by atoms with van der Waals surface area (Å²) < 4.78 is 0. The van der Waals surface area contributed by atoms with Crippen molar-refractivity contribution >= 4 is 11.8 Å². The lowest BCUT2D eigenvalue weighted by atomic mass is 10.0. The maximum atomic E-state index is 10.4. The number of unbranched alkanes of at least 4 members (excludes halogenated alkanes) is 10. The molecule has 31 heavy (non-hydrogen) atoms. The Balaban J connectivity index is 1.95. The van der Waals surface area contributed by atoms with Crippen molar-refractivity contribution in [3.05, 3.63) is 47.5 Å². The Bertz CT molecular complexity index is 757. The van der Waals surface area contributed by atoms with Crippen LogP contribution >= 0.6 is 11.8 Å². The molecule has 0 aliphatic rings. The van der Waals surface area contributed by atoms with E-state index in [-0.39, 0.29) is 5.75 Å². The SMILES string of the molecule is CCCCCCCCc1ccc(O)c(Sc2cc(O)ccc2CCCCCCCC)c1. The van der Waals surface area contributed by atoms with Gasteiger partial charge in [-0.1, -0.05) is 102 Å². The molecule has 0 radical (unpaired) electrons. The Morgan fingerprint density at radius 1 is 0.613 bits per heavy atom. The maximum Gasteiger partial charge on any atom is 0.129 e. The van der Waals surface area contributed by atoms with Gasteiger partial charge in [0.2, 0.25) is 0 Å². The van der Waals surface area contributed by atoms with Crippen LogP contribution in [0.5, 0.6) is 11.5 Å². The van der Waals surface area contributed by atoms with E-state index in [0.29, 0.717) is 5.75 Å². The van der Waals surface area contributed by atoms with Gasteiger partial charge < -0.3 is 10.2 Å². The monoisotopic (exact) mass is 442 g/mol. The van der Waals surface area contributed by atoms with Crippen molar-refractivity contribution in [2.75, 3.05) is 0 Å². The fourth-order valence-corrected chi connectivity index (χ4v) is 5.06. The number of benzene rings is 2. The van der Waals surface area contributed by atoms with Crippen LogP contribution in [0.4, 0.5) is 0 Å². The van der Waals surface area contributed by atoms with E-state index in [1.807, 2.05) is 24.3 Å². The largest absolute Gasteiger partial charge is 0.508 e. The van der Waals surface area contributed by atoms with Crippen LogP contribution in [-0.2, 0) is 12.8 Å². The molecule has 0 saturated heterocycles. The van der Waals surface area contributed by atoms with Gasteiger partial charge in [0.05, 0.1) is 4.90 Å². The first-order valence-electron chi connectivity index (χ1n) is 12.5. The van der Waals surface area contributed by atoms with Gasteiger partial charge in [-0.05, 0) is 61.1 Å². The number of rotatable bonds is 16. The minimum atomic E-state index is 0.289. The zero-order chi connectivity index (χ0) is 22.3. The number of hydrogen-bond acceptors (Lipinski definition) is 3. The van der Waals surface area contributed by atoms with Crippen molar-refractivity contribution in [3.8, 4) is 11.5 Å². The van der Waals surface area contributed by atoms with E-state index in [2.05, 4.69) is 19.9 Å². The van der Waals surface area contributed by atoms with Crippen LogP contribution in [-0.4, -0.2) is 10.2 Å². The van der Waals surface area contributed by atoms with Crippen LogP contribution < -0.4 is 0 Å². The van der Waals surface area contributed by atoms with E-state index in [0.717, 1.165) is 22.6 Å². The summed E-state index contributed by atoms with van der Waals surface area (Å²) in [5.41, 5.74) is 2.55. The summed E-state index contributed by atoms with van der Waals surface area (Å²) in [6.07, 6.45) is 17.5. The summed E-state index contributed by atoms with van der Waals surface area (Å²) in [4.78, 5) is 1.94. The highest BCUT2D eigenvalue weighted by atomic mass is 32.2. The van der Waals surface area contributed by atoms with Crippen LogP contribution in [0.3, 0.4) is 0 Å². The van der Waals surface area contributed by atoms with E-state index >= 15 is 0 Å². The highest BCUT2D eigenvalue weighted by molar-refractivity contribution is 7.99. The molecule has 0 saturated carbocycles. The van der Waals surface area contributed by atoms with Crippen molar-refractivity contribution in [2.24, 2.45) is 0 Å². The fraction of sp³-hybridized carbons (Fsp3) is 0.571. The Kier molecular flexibility index (Phi) is 12.6. The molecule has 2 N–H and O–H groups in total. The number of aryl methyl sites for hydroxylation is 2. The molecule has 2 nitrogen and oxygen atoms in total. The molecule has 0 atom stereocenters. The molecule has 0 unspecified atom stereocenters. The second-order valence-electron chi connectivity index (χ2n) is 8.73. The lowest BCUT2D eigenvalue weighted by Gasteiger charge is -2.12. The predicted molar refractivity (Wildman–Crippen MR) is 134 cm³/mol. The first-order valence-corrected chi connectivity index (χ1v) is 13.3. The summed E-state index contributed by atoms with van der Waals surface area (Å²) in [6.45, 7) is 4.50. The molecular formula is C28H42O2S. The van der Waals surface area contributed by atoms with E-state index in [1.165, 1.54) is 88.2 Å². The Morgan fingerprint density at radius 3 is 1.90 bits per heavy atom. The number of phenolic OH excluding ortho intramolecular Hbond substituents is 2. The molecule has 0 heterocycles. The van der Waals surface area contributed by atoms with Crippen molar-refractivity contribution in [3.63, 3.8) is 0 Å². The molecule has 3 heteroatoms. The summed E-state index contributed by atoms with van der Waals surface area (Å²) in [5, 5.41) is 20.5. The van der Waals surface area contributed by atoms with Crippen molar-refractivity contribution in [1.82, 2.24) is 0 Å².